The Morgan fingerprint density at radius 2 is 2.67 bits per heavy atom. The fourth-order valence-corrected chi connectivity index (χ4v) is 0.515. The van der Waals surface area contributed by atoms with Crippen LogP contribution in [0.15, 0.2) is 12.5 Å². The zero-order valence-corrected chi connectivity index (χ0v) is 4.74. The monoisotopic (exact) mass is 124 g/mol. The van der Waals surface area contributed by atoms with Crippen molar-refractivity contribution in [2.24, 2.45) is 5.73 Å². The average Bonchev–Trinajstić information content (AvgIpc) is 2.15. The molecule has 1 aromatic rings. The first-order chi connectivity index (χ1) is 4.29. The summed E-state index contributed by atoms with van der Waals surface area (Å²) in [5.74, 6) is -0.374. The van der Waals surface area contributed by atoms with Gasteiger partial charge in [0.15, 0.2) is 0 Å². The van der Waals surface area contributed by atoms with Gasteiger partial charge < -0.3 is 10.3 Å². The van der Waals surface area contributed by atoms with E-state index in [0.717, 1.165) is 0 Å². The fraction of sp³-hybridized carbons (Fsp3) is 0.200. The van der Waals surface area contributed by atoms with Gasteiger partial charge in [0, 0.05) is 6.20 Å². The first kappa shape index (κ1) is 5.81. The standard InChI is InChI=1S/C5H6N3O/c6-5(9)3-8-2-1-7-4-8/h2,4H,3H2,(H2,6,9). The summed E-state index contributed by atoms with van der Waals surface area (Å²) >= 11 is 0. The molecule has 0 bridgehead atoms. The van der Waals surface area contributed by atoms with Crippen molar-refractivity contribution in [3.05, 3.63) is 18.7 Å². The molecule has 0 fully saturated rings. The number of carbonyl (C=O) groups is 1. The fourth-order valence-electron chi connectivity index (χ4n) is 0.515. The molecule has 0 spiro atoms. The van der Waals surface area contributed by atoms with Crippen molar-refractivity contribution in [2.45, 2.75) is 6.54 Å². The summed E-state index contributed by atoms with van der Waals surface area (Å²) in [5.41, 5.74) is 4.88. The lowest BCUT2D eigenvalue weighted by molar-refractivity contribution is -0.118. The lowest BCUT2D eigenvalue weighted by Gasteiger charge is -1.92. The van der Waals surface area contributed by atoms with Crippen LogP contribution in [-0.4, -0.2) is 15.5 Å². The first-order valence-electron chi connectivity index (χ1n) is 2.45. The van der Waals surface area contributed by atoms with Crippen molar-refractivity contribution in [2.75, 3.05) is 0 Å². The number of hydrogen-bond donors (Lipinski definition) is 1. The van der Waals surface area contributed by atoms with Gasteiger partial charge in [0.25, 0.3) is 0 Å². The van der Waals surface area contributed by atoms with Gasteiger partial charge in [-0.15, -0.1) is 0 Å². The molecule has 0 unspecified atom stereocenters. The van der Waals surface area contributed by atoms with Crippen LogP contribution in [0, 0.1) is 6.20 Å². The Bertz CT molecular complexity index is 192. The number of nitrogens with two attached hydrogens (primary N) is 1. The number of hydrogen-bond acceptors (Lipinski definition) is 2. The van der Waals surface area contributed by atoms with E-state index in [0.29, 0.717) is 0 Å². The highest BCUT2D eigenvalue weighted by Gasteiger charge is 1.92. The maximum atomic E-state index is 10.2. The molecule has 0 aliphatic heterocycles. The van der Waals surface area contributed by atoms with Crippen LogP contribution in [0.5, 0.6) is 0 Å². The third-order valence-corrected chi connectivity index (χ3v) is 0.843. The Morgan fingerprint density at radius 3 is 3.11 bits per heavy atom. The van der Waals surface area contributed by atoms with Crippen molar-refractivity contribution in [1.29, 1.82) is 0 Å². The van der Waals surface area contributed by atoms with Crippen LogP contribution in [0.25, 0.3) is 0 Å². The topological polar surface area (TPSA) is 60.9 Å². The summed E-state index contributed by atoms with van der Waals surface area (Å²) in [7, 11) is 0. The van der Waals surface area contributed by atoms with Crippen LogP contribution >= 0.6 is 0 Å². The SMILES string of the molecule is NC(=O)Cn1c[c]nc1. The van der Waals surface area contributed by atoms with E-state index in [4.69, 9.17) is 5.73 Å². The number of aromatic nitrogens is 2. The van der Waals surface area contributed by atoms with Crippen LogP contribution < -0.4 is 5.73 Å². The average molecular weight is 124 g/mol. The molecule has 1 aromatic heterocycles. The normalized spacial score (nSPS) is 9.33. The third kappa shape index (κ3) is 1.56. The van der Waals surface area contributed by atoms with E-state index in [1.54, 1.807) is 10.8 Å². The second-order valence-electron chi connectivity index (χ2n) is 1.64. The Balaban J connectivity index is 2.58. The van der Waals surface area contributed by atoms with Crippen LogP contribution in [0.2, 0.25) is 0 Å². The molecule has 0 saturated carbocycles. The number of primary amides is 1. The molecular formula is C5H6N3O. The predicted molar refractivity (Wildman–Crippen MR) is 30.3 cm³/mol. The maximum absolute atomic E-state index is 10.2. The molecule has 1 radical (unpaired) electrons. The second-order valence-corrected chi connectivity index (χ2v) is 1.64. The Labute approximate surface area is 52.3 Å². The van der Waals surface area contributed by atoms with Crippen LogP contribution in [0.4, 0.5) is 0 Å². The molecule has 0 aliphatic carbocycles. The molecule has 2 N–H and O–H groups in total. The van der Waals surface area contributed by atoms with Gasteiger partial charge >= 0.3 is 0 Å². The molecule has 0 saturated heterocycles. The summed E-state index contributed by atoms with van der Waals surface area (Å²) in [6, 6.07) is 0. The Hall–Kier alpha value is -1.32. The zero-order valence-electron chi connectivity index (χ0n) is 4.74. The highest BCUT2D eigenvalue weighted by Crippen LogP contribution is 1.81. The number of carbonyl (C=O) groups excluding carboxylic acids is 1. The van der Waals surface area contributed by atoms with Gasteiger partial charge in [-0.25, -0.2) is 4.98 Å². The van der Waals surface area contributed by atoms with E-state index in [2.05, 4.69) is 11.2 Å². The summed E-state index contributed by atoms with van der Waals surface area (Å²) in [5, 5.41) is 0. The molecule has 1 amide bonds. The smallest absolute Gasteiger partial charge is 0.237 e. The van der Waals surface area contributed by atoms with E-state index >= 15 is 0 Å². The highest BCUT2D eigenvalue weighted by molar-refractivity contribution is 5.73. The predicted octanol–water partition coefficient (Wildman–Crippen LogP) is -0.831. The molecule has 0 aromatic carbocycles. The van der Waals surface area contributed by atoms with E-state index in [-0.39, 0.29) is 12.5 Å². The largest absolute Gasteiger partial charge is 0.368 e. The molecule has 4 nitrogen and oxygen atoms in total. The third-order valence-electron chi connectivity index (χ3n) is 0.843. The molecule has 47 valence electrons. The van der Waals surface area contributed by atoms with Crippen molar-refractivity contribution in [3.63, 3.8) is 0 Å². The molecule has 9 heavy (non-hydrogen) atoms. The van der Waals surface area contributed by atoms with Gasteiger partial charge in [0.1, 0.15) is 12.7 Å². The minimum absolute atomic E-state index is 0.177. The maximum Gasteiger partial charge on any atom is 0.237 e. The summed E-state index contributed by atoms with van der Waals surface area (Å²) in [4.78, 5) is 13.8. The van der Waals surface area contributed by atoms with Gasteiger partial charge in [0.05, 0.1) is 6.33 Å². The van der Waals surface area contributed by atoms with Crippen LogP contribution in [-0.2, 0) is 11.3 Å². The van der Waals surface area contributed by atoms with Gasteiger partial charge in [-0.1, -0.05) is 0 Å². The van der Waals surface area contributed by atoms with E-state index in [1.165, 1.54) is 6.33 Å². The first-order valence-corrected chi connectivity index (χ1v) is 2.45. The zero-order chi connectivity index (χ0) is 6.69. The Kier molecular flexibility index (Phi) is 1.48. The van der Waals surface area contributed by atoms with Crippen LogP contribution in [0.3, 0.4) is 0 Å². The number of amides is 1. The van der Waals surface area contributed by atoms with Crippen molar-refractivity contribution >= 4 is 5.91 Å². The lowest BCUT2D eigenvalue weighted by atomic mass is 10.6. The summed E-state index contributed by atoms with van der Waals surface area (Å²) in [6.45, 7) is 0.177. The summed E-state index contributed by atoms with van der Waals surface area (Å²) < 4.78 is 1.56. The number of rotatable bonds is 2. The second kappa shape index (κ2) is 2.30. The lowest BCUT2D eigenvalue weighted by Crippen LogP contribution is -2.17. The van der Waals surface area contributed by atoms with Gasteiger partial charge in [-0.05, 0) is 0 Å². The number of imidazole rings is 1. The van der Waals surface area contributed by atoms with Crippen molar-refractivity contribution in [3.8, 4) is 0 Å². The molecule has 1 rings (SSSR count). The molecule has 0 aliphatic rings. The van der Waals surface area contributed by atoms with Gasteiger partial charge in [-0.3, -0.25) is 4.79 Å². The van der Waals surface area contributed by atoms with Crippen molar-refractivity contribution in [1.82, 2.24) is 9.55 Å². The molecule has 0 atom stereocenters. The van der Waals surface area contributed by atoms with Crippen molar-refractivity contribution < 1.29 is 4.79 Å². The minimum atomic E-state index is -0.374. The summed E-state index contributed by atoms with van der Waals surface area (Å²) in [6.07, 6.45) is 5.59. The Morgan fingerprint density at radius 1 is 1.89 bits per heavy atom. The van der Waals surface area contributed by atoms with Crippen LogP contribution in [0.1, 0.15) is 0 Å². The van der Waals surface area contributed by atoms with Gasteiger partial charge in [-0.2, -0.15) is 0 Å². The molecule has 4 heteroatoms. The quantitative estimate of drug-likeness (QED) is 0.559. The molecular weight excluding hydrogens is 118 g/mol. The molecule has 1 heterocycles. The minimum Gasteiger partial charge on any atom is -0.368 e. The highest BCUT2D eigenvalue weighted by atomic mass is 16.1. The van der Waals surface area contributed by atoms with Gasteiger partial charge in [0.2, 0.25) is 5.91 Å². The number of nitrogens with zero attached hydrogens (tertiary/aromatic N) is 2. The van der Waals surface area contributed by atoms with E-state index in [1.807, 2.05) is 0 Å². The van der Waals surface area contributed by atoms with E-state index in [9.17, 15) is 4.79 Å². The van der Waals surface area contributed by atoms with E-state index < -0.39 is 0 Å².